The van der Waals surface area contributed by atoms with Crippen molar-refractivity contribution in [2.45, 2.75) is 22.7 Å². The van der Waals surface area contributed by atoms with Gasteiger partial charge in [-0.05, 0) is 29.8 Å². The molecule has 2 fully saturated rings. The monoisotopic (exact) mass is 612 g/mol. The Morgan fingerprint density at radius 1 is 1.12 bits per heavy atom. The number of benzene rings is 2. The summed E-state index contributed by atoms with van der Waals surface area (Å²) < 4.78 is 12.0. The number of phenolic OH excluding ortho intramolecular Hbond substituents is 1. The zero-order chi connectivity index (χ0) is 29.7. The molecule has 1 N–H and O–H groups in total. The van der Waals surface area contributed by atoms with Crippen molar-refractivity contribution < 1.29 is 33.9 Å². The summed E-state index contributed by atoms with van der Waals surface area (Å²) in [4.78, 5) is 67.6. The molecule has 0 spiro atoms. The number of thioether (sulfide) groups is 1. The first kappa shape index (κ1) is 27.9. The van der Waals surface area contributed by atoms with Crippen LogP contribution in [0.2, 0.25) is 0 Å². The first-order valence-electron chi connectivity index (χ1n) is 12.9. The number of hydrogen-bond donors (Lipinski definition) is 1. The third-order valence-corrected chi connectivity index (χ3v) is 10.2. The summed E-state index contributed by atoms with van der Waals surface area (Å²) in [7, 11) is 1.39. The Morgan fingerprint density at radius 2 is 1.83 bits per heavy atom. The van der Waals surface area contributed by atoms with Crippen molar-refractivity contribution >= 4 is 52.2 Å². The summed E-state index contributed by atoms with van der Waals surface area (Å²) in [5, 5.41) is 20.9. The van der Waals surface area contributed by atoms with E-state index >= 15 is 0 Å². The molecule has 3 aliphatic heterocycles. The van der Waals surface area contributed by atoms with Gasteiger partial charge in [-0.3, -0.25) is 33.9 Å². The van der Waals surface area contributed by atoms with Crippen LogP contribution in [0.1, 0.15) is 16.4 Å². The SMILES string of the molecule is COc1cc(C2c3sc(=O)n(CC(=O)N4CCOCC4)c3SC3C(=O)N(c4ccc([N+](=O)[O-])cc4)C(=O)C32)ccc1O. The predicted octanol–water partition coefficient (Wildman–Crippen LogP) is 2.19. The molecule has 3 atom stereocenters. The van der Waals surface area contributed by atoms with Gasteiger partial charge in [0.1, 0.15) is 11.8 Å². The van der Waals surface area contributed by atoms with Gasteiger partial charge in [-0.25, -0.2) is 4.90 Å². The average molecular weight is 613 g/mol. The van der Waals surface area contributed by atoms with Crippen molar-refractivity contribution in [2.75, 3.05) is 38.3 Å². The minimum absolute atomic E-state index is 0.119. The number of aromatic hydroxyl groups is 1. The number of nitro groups is 1. The van der Waals surface area contributed by atoms with E-state index in [4.69, 9.17) is 9.47 Å². The third kappa shape index (κ3) is 4.62. The Balaban J connectivity index is 1.44. The van der Waals surface area contributed by atoms with Crippen molar-refractivity contribution in [3.05, 3.63) is 72.7 Å². The summed E-state index contributed by atoms with van der Waals surface area (Å²) in [6.45, 7) is 1.39. The maximum atomic E-state index is 14.0. The standard InChI is InChI=1S/C27H24N4O9S2/c1-39-18-12-14(2-7-17(18)32)20-21-22(25(35)30(24(21)34)15-3-5-16(6-4-15)31(37)38)41-26-23(20)42-27(36)29(26)13-19(33)28-8-10-40-11-9-28/h2-7,12,20-22,32H,8-11,13H2,1H3. The van der Waals surface area contributed by atoms with E-state index in [0.717, 1.165) is 28.0 Å². The molecule has 218 valence electrons. The van der Waals surface area contributed by atoms with Crippen LogP contribution in [0.4, 0.5) is 11.4 Å². The minimum atomic E-state index is -0.941. The summed E-state index contributed by atoms with van der Waals surface area (Å²) in [5.41, 5.74) is 0.548. The molecule has 6 rings (SSSR count). The van der Waals surface area contributed by atoms with Gasteiger partial charge in [0.15, 0.2) is 11.5 Å². The Morgan fingerprint density at radius 3 is 2.50 bits per heavy atom. The van der Waals surface area contributed by atoms with Gasteiger partial charge in [0.05, 0.1) is 41.9 Å². The lowest BCUT2D eigenvalue weighted by Crippen LogP contribution is -2.43. The second-order valence-electron chi connectivity index (χ2n) is 9.88. The first-order chi connectivity index (χ1) is 20.2. The number of carbonyl (C=O) groups excluding carboxylic acids is 3. The quantitative estimate of drug-likeness (QED) is 0.248. The lowest BCUT2D eigenvalue weighted by Gasteiger charge is -2.31. The highest BCUT2D eigenvalue weighted by Crippen LogP contribution is 2.54. The number of non-ortho nitro benzene ring substituents is 1. The molecule has 2 saturated heterocycles. The van der Waals surface area contributed by atoms with E-state index in [1.165, 1.54) is 42.0 Å². The van der Waals surface area contributed by atoms with Crippen LogP contribution in [-0.4, -0.2) is 75.9 Å². The van der Waals surface area contributed by atoms with E-state index in [-0.39, 0.29) is 35.3 Å². The van der Waals surface area contributed by atoms with Gasteiger partial charge in [-0.2, -0.15) is 0 Å². The van der Waals surface area contributed by atoms with Crippen molar-refractivity contribution in [3.63, 3.8) is 0 Å². The van der Waals surface area contributed by atoms with E-state index in [0.29, 0.717) is 41.8 Å². The zero-order valence-corrected chi connectivity index (χ0v) is 23.8. The van der Waals surface area contributed by atoms with E-state index in [9.17, 15) is 34.4 Å². The fourth-order valence-electron chi connectivity index (χ4n) is 5.53. The molecule has 1 aromatic heterocycles. The number of fused-ring (bicyclic) bond motifs is 2. The second-order valence-corrected chi connectivity index (χ2v) is 12.0. The number of hydrogen-bond acceptors (Lipinski definition) is 11. The average Bonchev–Trinajstić information content (AvgIpc) is 3.44. The van der Waals surface area contributed by atoms with E-state index < -0.39 is 38.7 Å². The highest BCUT2D eigenvalue weighted by molar-refractivity contribution is 8.00. The first-order valence-corrected chi connectivity index (χ1v) is 14.6. The van der Waals surface area contributed by atoms with E-state index in [2.05, 4.69) is 0 Å². The topological polar surface area (TPSA) is 162 Å². The molecule has 3 unspecified atom stereocenters. The van der Waals surface area contributed by atoms with Crippen LogP contribution in [0.3, 0.4) is 0 Å². The Bertz CT molecular complexity index is 1660. The molecule has 13 nitrogen and oxygen atoms in total. The number of aromatic nitrogens is 1. The molecule has 15 heteroatoms. The smallest absolute Gasteiger partial charge is 0.308 e. The molecule has 3 aromatic rings. The van der Waals surface area contributed by atoms with Crippen LogP contribution in [-0.2, 0) is 25.7 Å². The van der Waals surface area contributed by atoms with E-state index in [1.54, 1.807) is 17.0 Å². The van der Waals surface area contributed by atoms with Gasteiger partial charge in [-0.15, -0.1) is 0 Å². The highest BCUT2D eigenvalue weighted by Gasteiger charge is 2.57. The maximum Gasteiger partial charge on any atom is 0.308 e. The van der Waals surface area contributed by atoms with Crippen LogP contribution in [0.15, 0.2) is 52.3 Å². The van der Waals surface area contributed by atoms with Crippen molar-refractivity contribution in [3.8, 4) is 11.5 Å². The van der Waals surface area contributed by atoms with Crippen LogP contribution >= 0.6 is 23.1 Å². The Kier molecular flexibility index (Phi) is 7.24. The van der Waals surface area contributed by atoms with E-state index in [1.807, 2.05) is 0 Å². The largest absolute Gasteiger partial charge is 0.504 e. The van der Waals surface area contributed by atoms with Gasteiger partial charge in [0.2, 0.25) is 17.7 Å². The summed E-state index contributed by atoms with van der Waals surface area (Å²) in [6.07, 6.45) is 0. The molecule has 42 heavy (non-hydrogen) atoms. The third-order valence-electron chi connectivity index (χ3n) is 7.59. The lowest BCUT2D eigenvalue weighted by atomic mass is 9.83. The second kappa shape index (κ2) is 10.9. The van der Waals surface area contributed by atoms with Crippen LogP contribution < -0.4 is 14.5 Å². The van der Waals surface area contributed by atoms with Crippen LogP contribution in [0.5, 0.6) is 11.5 Å². The summed E-state index contributed by atoms with van der Waals surface area (Å²) in [6, 6.07) is 9.73. The number of nitrogens with zero attached hydrogens (tertiary/aromatic N) is 4. The Labute approximate surface area is 246 Å². The number of carbonyl (C=O) groups is 3. The van der Waals surface area contributed by atoms with Crippen LogP contribution in [0.25, 0.3) is 0 Å². The molecular formula is C27H24N4O9S2. The maximum absolute atomic E-state index is 14.0. The summed E-state index contributed by atoms with van der Waals surface area (Å²) >= 11 is 1.98. The molecule has 4 heterocycles. The lowest BCUT2D eigenvalue weighted by molar-refractivity contribution is -0.384. The number of imide groups is 1. The molecule has 3 aliphatic rings. The number of phenols is 1. The van der Waals surface area contributed by atoms with Crippen molar-refractivity contribution in [2.24, 2.45) is 5.92 Å². The number of thiazole rings is 1. The van der Waals surface area contributed by atoms with Crippen molar-refractivity contribution in [1.82, 2.24) is 9.47 Å². The number of anilines is 1. The molecule has 0 aliphatic carbocycles. The van der Waals surface area contributed by atoms with Crippen LogP contribution in [0, 0.1) is 16.0 Å². The normalized spacial score (nSPS) is 21.7. The molecule has 0 saturated carbocycles. The number of methoxy groups -OCH3 is 1. The van der Waals surface area contributed by atoms with Gasteiger partial charge >= 0.3 is 4.87 Å². The van der Waals surface area contributed by atoms with Gasteiger partial charge in [-0.1, -0.05) is 29.2 Å². The molecule has 3 amide bonds. The molecule has 0 radical (unpaired) electrons. The molecule has 0 bridgehead atoms. The van der Waals surface area contributed by atoms with Crippen molar-refractivity contribution in [1.29, 1.82) is 0 Å². The zero-order valence-electron chi connectivity index (χ0n) is 22.1. The van der Waals surface area contributed by atoms with Gasteiger partial charge in [0.25, 0.3) is 5.69 Å². The Hall–Kier alpha value is -4.21. The number of amides is 3. The number of morpholine rings is 1. The number of ether oxygens (including phenoxy) is 2. The molecule has 2 aromatic carbocycles. The summed E-state index contributed by atoms with van der Waals surface area (Å²) in [5.74, 6) is -2.97. The number of nitro benzene ring substituents is 1. The van der Waals surface area contributed by atoms with Gasteiger partial charge < -0.3 is 19.5 Å². The fourth-order valence-corrected chi connectivity index (χ4v) is 8.30. The fraction of sp³-hybridized carbons (Fsp3) is 0.333. The minimum Gasteiger partial charge on any atom is -0.504 e. The highest BCUT2D eigenvalue weighted by atomic mass is 32.2. The number of rotatable bonds is 6. The molecular weight excluding hydrogens is 588 g/mol. The van der Waals surface area contributed by atoms with Gasteiger partial charge in [0, 0.05) is 36.0 Å². The predicted molar refractivity (Wildman–Crippen MR) is 151 cm³/mol.